The smallest absolute Gasteiger partial charge is 0.285 e. The van der Waals surface area contributed by atoms with E-state index in [2.05, 4.69) is 5.16 Å². The fourth-order valence-corrected chi connectivity index (χ4v) is 3.17. The number of carbonyl (C=O) groups excluding carboxylic acids is 1. The van der Waals surface area contributed by atoms with E-state index < -0.39 is 5.82 Å². The number of oxime groups is 1. The number of para-hydroxylation sites is 2. The highest BCUT2D eigenvalue weighted by Crippen LogP contribution is 2.35. The van der Waals surface area contributed by atoms with Gasteiger partial charge in [0.15, 0.2) is 5.71 Å². The van der Waals surface area contributed by atoms with Gasteiger partial charge in [-0.15, -0.1) is 0 Å². The maximum absolute atomic E-state index is 13.9. The highest BCUT2D eigenvalue weighted by Gasteiger charge is 2.35. The summed E-state index contributed by atoms with van der Waals surface area (Å²) in [5.74, 6) is -0.784. The van der Waals surface area contributed by atoms with Crippen LogP contribution in [0.5, 0.6) is 0 Å². The lowest BCUT2D eigenvalue weighted by atomic mass is 10.1. The summed E-state index contributed by atoms with van der Waals surface area (Å²) in [6.07, 6.45) is 0. The van der Waals surface area contributed by atoms with Gasteiger partial charge in [0.1, 0.15) is 12.4 Å². The van der Waals surface area contributed by atoms with Crippen LogP contribution in [0.25, 0.3) is 0 Å². The van der Waals surface area contributed by atoms with Gasteiger partial charge in [0, 0.05) is 16.8 Å². The Morgan fingerprint density at radius 1 is 0.963 bits per heavy atom. The number of fused-ring (bicyclic) bond motifs is 1. The van der Waals surface area contributed by atoms with Gasteiger partial charge >= 0.3 is 0 Å². The van der Waals surface area contributed by atoms with Crippen molar-refractivity contribution in [2.75, 3.05) is 4.90 Å². The molecule has 0 atom stereocenters. The molecule has 1 aliphatic heterocycles. The molecule has 6 heteroatoms. The summed E-state index contributed by atoms with van der Waals surface area (Å²) in [4.78, 5) is 19.8. The Morgan fingerprint density at radius 3 is 2.48 bits per heavy atom. The lowest BCUT2D eigenvalue weighted by Gasteiger charge is -2.16. The van der Waals surface area contributed by atoms with Crippen LogP contribution in [0.4, 0.5) is 15.8 Å². The monoisotopic (exact) mass is 380 g/mol. The maximum Gasteiger partial charge on any atom is 0.285 e. The van der Waals surface area contributed by atoms with E-state index in [4.69, 9.17) is 16.4 Å². The number of halogens is 2. The average molecular weight is 381 g/mol. The number of hydrogen-bond acceptors (Lipinski definition) is 3. The minimum absolute atomic E-state index is 0.168. The van der Waals surface area contributed by atoms with Gasteiger partial charge < -0.3 is 4.84 Å². The molecule has 1 aliphatic rings. The minimum Gasteiger partial charge on any atom is -0.390 e. The molecule has 1 amide bonds. The standard InChI is InChI=1S/C21H14ClFN2O2/c22-17-10-6-11-18(23)16(17)13-27-24-20-15-9-4-5-12-19(15)25(21(20)26)14-7-2-1-3-8-14/h1-12H,13H2. The largest absolute Gasteiger partial charge is 0.390 e. The Hall–Kier alpha value is -3.18. The zero-order valence-electron chi connectivity index (χ0n) is 14.1. The van der Waals surface area contributed by atoms with Crippen molar-refractivity contribution in [3.05, 3.63) is 94.8 Å². The van der Waals surface area contributed by atoms with Crippen LogP contribution >= 0.6 is 11.6 Å². The van der Waals surface area contributed by atoms with Crippen LogP contribution in [0.15, 0.2) is 78.0 Å². The van der Waals surface area contributed by atoms with Crippen molar-refractivity contribution in [1.29, 1.82) is 0 Å². The van der Waals surface area contributed by atoms with Crippen LogP contribution in [0.1, 0.15) is 11.1 Å². The second-order valence-corrected chi connectivity index (χ2v) is 6.31. The summed E-state index contributed by atoms with van der Waals surface area (Å²) in [7, 11) is 0. The second-order valence-electron chi connectivity index (χ2n) is 5.91. The van der Waals surface area contributed by atoms with Crippen molar-refractivity contribution >= 4 is 34.6 Å². The normalized spacial score (nSPS) is 14.5. The molecular formula is C21H14ClFN2O2. The zero-order chi connectivity index (χ0) is 18.8. The van der Waals surface area contributed by atoms with Crippen LogP contribution in [-0.4, -0.2) is 11.6 Å². The van der Waals surface area contributed by atoms with Crippen molar-refractivity contribution < 1.29 is 14.0 Å². The predicted molar refractivity (Wildman–Crippen MR) is 103 cm³/mol. The van der Waals surface area contributed by atoms with E-state index in [-0.39, 0.29) is 28.8 Å². The fraction of sp³-hybridized carbons (Fsp3) is 0.0476. The fourth-order valence-electron chi connectivity index (χ4n) is 2.95. The quantitative estimate of drug-likeness (QED) is 0.592. The van der Waals surface area contributed by atoms with E-state index in [0.29, 0.717) is 5.56 Å². The number of carbonyl (C=O) groups is 1. The molecule has 0 aromatic heterocycles. The Kier molecular flexibility index (Phi) is 4.60. The van der Waals surface area contributed by atoms with Gasteiger partial charge in [-0.25, -0.2) is 4.39 Å². The van der Waals surface area contributed by atoms with Crippen molar-refractivity contribution in [2.24, 2.45) is 5.16 Å². The van der Waals surface area contributed by atoms with Crippen molar-refractivity contribution in [1.82, 2.24) is 0 Å². The summed E-state index contributed by atoms with van der Waals surface area (Å²) >= 11 is 5.99. The van der Waals surface area contributed by atoms with Crippen LogP contribution in [0.3, 0.4) is 0 Å². The first kappa shape index (κ1) is 17.2. The number of nitrogens with zero attached hydrogens (tertiary/aromatic N) is 2. The van der Waals surface area contributed by atoms with Crippen LogP contribution in [0, 0.1) is 5.82 Å². The number of hydrogen-bond donors (Lipinski definition) is 0. The van der Waals surface area contributed by atoms with E-state index in [0.717, 1.165) is 11.4 Å². The molecule has 0 aliphatic carbocycles. The molecule has 4 rings (SSSR count). The van der Waals surface area contributed by atoms with Gasteiger partial charge in [0.05, 0.1) is 10.7 Å². The first-order valence-corrected chi connectivity index (χ1v) is 8.66. The third-order valence-electron chi connectivity index (χ3n) is 4.25. The summed E-state index contributed by atoms with van der Waals surface area (Å²) in [5.41, 5.74) is 2.48. The van der Waals surface area contributed by atoms with Gasteiger partial charge in [-0.2, -0.15) is 0 Å². The predicted octanol–water partition coefficient (Wildman–Crippen LogP) is 5.08. The van der Waals surface area contributed by atoms with E-state index in [9.17, 15) is 9.18 Å². The van der Waals surface area contributed by atoms with Crippen LogP contribution in [0.2, 0.25) is 5.02 Å². The molecule has 0 spiro atoms. The molecule has 0 N–H and O–H groups in total. The highest BCUT2D eigenvalue weighted by molar-refractivity contribution is 6.55. The molecule has 0 saturated heterocycles. The Bertz CT molecular complexity index is 1020. The Balaban J connectivity index is 1.65. The molecule has 0 fully saturated rings. The first-order chi connectivity index (χ1) is 13.2. The number of rotatable bonds is 4. The summed E-state index contributed by atoms with van der Waals surface area (Å²) in [6, 6.07) is 21.0. The van der Waals surface area contributed by atoms with Crippen LogP contribution < -0.4 is 4.90 Å². The minimum atomic E-state index is -0.480. The van der Waals surface area contributed by atoms with E-state index in [1.54, 1.807) is 17.0 Å². The van der Waals surface area contributed by atoms with Crippen molar-refractivity contribution in [2.45, 2.75) is 6.61 Å². The molecule has 1 heterocycles. The third kappa shape index (κ3) is 3.17. The summed E-state index contributed by atoms with van der Waals surface area (Å²) < 4.78 is 13.9. The van der Waals surface area contributed by atoms with Gasteiger partial charge in [-0.05, 0) is 30.3 Å². The van der Waals surface area contributed by atoms with Crippen molar-refractivity contribution in [3.8, 4) is 0 Å². The molecule has 27 heavy (non-hydrogen) atoms. The SMILES string of the molecule is O=C1C(=NOCc2c(F)cccc2Cl)c2ccccc2N1c1ccccc1. The third-order valence-corrected chi connectivity index (χ3v) is 4.60. The summed E-state index contributed by atoms with van der Waals surface area (Å²) in [5, 5.41) is 4.25. The molecule has 0 radical (unpaired) electrons. The van der Waals surface area contributed by atoms with Crippen LogP contribution in [-0.2, 0) is 16.2 Å². The lowest BCUT2D eigenvalue weighted by Crippen LogP contribution is -2.25. The number of anilines is 2. The molecule has 3 aromatic rings. The van der Waals surface area contributed by atoms with Crippen molar-refractivity contribution in [3.63, 3.8) is 0 Å². The second kappa shape index (κ2) is 7.21. The zero-order valence-corrected chi connectivity index (χ0v) is 14.9. The highest BCUT2D eigenvalue weighted by atomic mass is 35.5. The molecule has 0 bridgehead atoms. The number of amides is 1. The molecular weight excluding hydrogens is 367 g/mol. The van der Waals surface area contributed by atoms with E-state index in [1.807, 2.05) is 48.5 Å². The van der Waals surface area contributed by atoms with Gasteiger partial charge in [-0.3, -0.25) is 9.69 Å². The first-order valence-electron chi connectivity index (χ1n) is 8.28. The van der Waals surface area contributed by atoms with E-state index >= 15 is 0 Å². The molecule has 3 aromatic carbocycles. The molecule has 4 nitrogen and oxygen atoms in total. The molecule has 134 valence electrons. The summed E-state index contributed by atoms with van der Waals surface area (Å²) in [6.45, 7) is -0.171. The Morgan fingerprint density at radius 2 is 1.70 bits per heavy atom. The lowest BCUT2D eigenvalue weighted by molar-refractivity contribution is -0.111. The van der Waals surface area contributed by atoms with Gasteiger partial charge in [-0.1, -0.05) is 59.2 Å². The maximum atomic E-state index is 13.9. The van der Waals surface area contributed by atoms with Gasteiger partial charge in [0.2, 0.25) is 0 Å². The Labute approximate surface area is 160 Å². The molecule has 0 saturated carbocycles. The number of benzene rings is 3. The molecule has 0 unspecified atom stereocenters. The van der Waals surface area contributed by atoms with Gasteiger partial charge in [0.25, 0.3) is 5.91 Å². The average Bonchev–Trinajstić information content (AvgIpc) is 2.96. The van der Waals surface area contributed by atoms with E-state index in [1.165, 1.54) is 12.1 Å². The topological polar surface area (TPSA) is 41.9 Å².